The fourth-order valence-corrected chi connectivity index (χ4v) is 1.96. The van der Waals surface area contributed by atoms with Gasteiger partial charge in [-0.25, -0.2) is 20.3 Å². The summed E-state index contributed by atoms with van der Waals surface area (Å²) < 4.78 is 0. The minimum absolute atomic E-state index is 0.478. The largest absolute Gasteiger partial charge is 0.249 e. The lowest BCUT2D eigenvalue weighted by Crippen LogP contribution is -2.29. The highest BCUT2D eigenvalue weighted by molar-refractivity contribution is 4.97. The van der Waals surface area contributed by atoms with Crippen molar-refractivity contribution in [1.82, 2.24) is 0 Å². The predicted molar refractivity (Wildman–Crippen MR) is 76.8 cm³/mol. The Kier molecular flexibility index (Phi) is 11.2. The van der Waals surface area contributed by atoms with Crippen molar-refractivity contribution in [2.75, 3.05) is 0 Å². The first-order valence-corrected chi connectivity index (χ1v) is 7.38. The van der Waals surface area contributed by atoms with E-state index in [9.17, 15) is 0 Å². The molecule has 0 unspecified atom stereocenters. The van der Waals surface area contributed by atoms with Gasteiger partial charge < -0.3 is 0 Å². The monoisotopic (exact) mass is 274 g/mol. The highest BCUT2D eigenvalue weighted by Crippen LogP contribution is 2.19. The van der Waals surface area contributed by atoms with Gasteiger partial charge in [0.1, 0.15) is 0 Å². The second-order valence-corrected chi connectivity index (χ2v) is 5.42. The molecule has 19 heavy (non-hydrogen) atoms. The summed E-state index contributed by atoms with van der Waals surface area (Å²) in [6.45, 7) is 5.93. The van der Waals surface area contributed by atoms with Crippen LogP contribution < -0.4 is 0 Å². The second-order valence-electron chi connectivity index (χ2n) is 5.42. The highest BCUT2D eigenvalue weighted by atomic mass is 17.2. The molecule has 0 rings (SSSR count). The molecule has 0 fully saturated rings. The molecule has 0 atom stereocenters. The zero-order valence-corrected chi connectivity index (χ0v) is 12.7. The maximum atomic E-state index is 8.57. The van der Waals surface area contributed by atoms with Crippen molar-refractivity contribution in [2.45, 2.75) is 84.3 Å². The van der Waals surface area contributed by atoms with E-state index < -0.39 is 5.79 Å². The van der Waals surface area contributed by atoms with Crippen molar-refractivity contribution in [3.63, 3.8) is 0 Å². The molecular formula is C15H30O4. The van der Waals surface area contributed by atoms with Crippen LogP contribution >= 0.6 is 0 Å². The fourth-order valence-electron chi connectivity index (χ4n) is 1.96. The molecule has 0 heterocycles. The van der Waals surface area contributed by atoms with E-state index in [2.05, 4.69) is 29.7 Å². The van der Waals surface area contributed by atoms with E-state index >= 15 is 0 Å². The van der Waals surface area contributed by atoms with Crippen LogP contribution in [-0.2, 0) is 9.78 Å². The van der Waals surface area contributed by atoms with E-state index in [-0.39, 0.29) is 0 Å². The van der Waals surface area contributed by atoms with Crippen LogP contribution in [-0.4, -0.2) is 16.3 Å². The van der Waals surface area contributed by atoms with Crippen LogP contribution in [0.15, 0.2) is 11.6 Å². The maximum absolute atomic E-state index is 8.57. The third kappa shape index (κ3) is 10.1. The summed E-state index contributed by atoms with van der Waals surface area (Å²) in [4.78, 5) is 8.20. The Hall–Kier alpha value is -0.420. The Balaban J connectivity index is 3.50. The molecule has 0 spiro atoms. The third-order valence-corrected chi connectivity index (χ3v) is 3.39. The highest BCUT2D eigenvalue weighted by Gasteiger charge is 2.26. The first-order chi connectivity index (χ1) is 9.08. The van der Waals surface area contributed by atoms with Crippen molar-refractivity contribution in [2.24, 2.45) is 0 Å². The molecule has 0 aliphatic heterocycles. The first kappa shape index (κ1) is 18.6. The lowest BCUT2D eigenvalue weighted by molar-refractivity contribution is -0.482. The lowest BCUT2D eigenvalue weighted by Gasteiger charge is -2.21. The van der Waals surface area contributed by atoms with Gasteiger partial charge in [0.2, 0.25) is 5.79 Å². The van der Waals surface area contributed by atoms with Gasteiger partial charge in [0.25, 0.3) is 0 Å². The summed E-state index contributed by atoms with van der Waals surface area (Å²) in [5.74, 6) is -1.28. The molecule has 0 aromatic rings. The second kappa shape index (κ2) is 11.4. The van der Waals surface area contributed by atoms with Gasteiger partial charge >= 0.3 is 0 Å². The van der Waals surface area contributed by atoms with Crippen molar-refractivity contribution in [1.29, 1.82) is 0 Å². The van der Waals surface area contributed by atoms with Gasteiger partial charge in [0, 0.05) is 6.42 Å². The Morgan fingerprint density at radius 2 is 1.68 bits per heavy atom. The Morgan fingerprint density at radius 1 is 1.05 bits per heavy atom. The Bertz CT molecular complexity index is 234. The molecule has 0 amide bonds. The van der Waals surface area contributed by atoms with E-state index in [1.807, 2.05) is 0 Å². The van der Waals surface area contributed by atoms with Gasteiger partial charge in [0.15, 0.2) is 0 Å². The van der Waals surface area contributed by atoms with Crippen LogP contribution in [0.1, 0.15) is 78.6 Å². The van der Waals surface area contributed by atoms with E-state index in [4.69, 9.17) is 10.5 Å². The average Bonchev–Trinajstić information content (AvgIpc) is 2.43. The SMILES string of the molecule is CCCC/C(C)=C/CCCCCCC(C)(OO)OO. The van der Waals surface area contributed by atoms with Gasteiger partial charge in [-0.1, -0.05) is 37.8 Å². The fraction of sp³-hybridized carbons (Fsp3) is 0.867. The molecule has 4 heteroatoms. The standard InChI is InChI=1S/C15H30O4/c1-4-5-11-14(2)12-9-7-6-8-10-13-15(3,18-16)19-17/h12,16-17H,4-11,13H2,1-3H3/b14-12+. The Morgan fingerprint density at radius 3 is 2.26 bits per heavy atom. The minimum Gasteiger partial charge on any atom is -0.249 e. The number of allylic oxidation sites excluding steroid dienone is 2. The minimum atomic E-state index is -1.28. The van der Waals surface area contributed by atoms with Crippen molar-refractivity contribution < 1.29 is 20.3 Å². The molecule has 0 saturated carbocycles. The summed E-state index contributed by atoms with van der Waals surface area (Å²) in [6.07, 6.45) is 11.9. The molecule has 0 aliphatic carbocycles. The van der Waals surface area contributed by atoms with Gasteiger partial charge in [-0.2, -0.15) is 0 Å². The van der Waals surface area contributed by atoms with Gasteiger partial charge in [0.05, 0.1) is 0 Å². The summed E-state index contributed by atoms with van der Waals surface area (Å²) in [6, 6.07) is 0. The Labute approximate surface area is 117 Å². The predicted octanol–water partition coefficient (Wildman–Crippen LogP) is 5.16. The smallest absolute Gasteiger partial charge is 0.230 e. The van der Waals surface area contributed by atoms with Gasteiger partial charge in [-0.15, -0.1) is 0 Å². The average molecular weight is 274 g/mol. The van der Waals surface area contributed by atoms with Gasteiger partial charge in [-0.05, 0) is 46.0 Å². The maximum Gasteiger partial charge on any atom is 0.230 e. The quantitative estimate of drug-likeness (QED) is 0.170. The van der Waals surface area contributed by atoms with Crippen molar-refractivity contribution in [3.05, 3.63) is 11.6 Å². The van der Waals surface area contributed by atoms with Crippen LogP contribution in [0.25, 0.3) is 0 Å². The normalized spacial score (nSPS) is 13.0. The molecule has 0 aromatic heterocycles. The van der Waals surface area contributed by atoms with Crippen molar-refractivity contribution in [3.8, 4) is 0 Å². The van der Waals surface area contributed by atoms with Crippen LogP contribution in [0.2, 0.25) is 0 Å². The van der Waals surface area contributed by atoms with Crippen LogP contribution in [0.4, 0.5) is 0 Å². The molecule has 0 saturated heterocycles. The summed E-state index contributed by atoms with van der Waals surface area (Å²) in [5.41, 5.74) is 1.50. The molecular weight excluding hydrogens is 244 g/mol. The van der Waals surface area contributed by atoms with E-state index in [1.54, 1.807) is 0 Å². The van der Waals surface area contributed by atoms with E-state index in [0.717, 1.165) is 25.7 Å². The molecule has 0 aliphatic rings. The topological polar surface area (TPSA) is 58.9 Å². The number of unbranched alkanes of at least 4 members (excludes halogenated alkanes) is 5. The zero-order chi connectivity index (χ0) is 14.6. The number of hydrogen-bond acceptors (Lipinski definition) is 4. The van der Waals surface area contributed by atoms with Crippen LogP contribution in [0.3, 0.4) is 0 Å². The lowest BCUT2D eigenvalue weighted by atomic mass is 10.0. The van der Waals surface area contributed by atoms with E-state index in [0.29, 0.717) is 6.42 Å². The molecule has 0 radical (unpaired) electrons. The number of hydrogen-bond donors (Lipinski definition) is 2. The van der Waals surface area contributed by atoms with Crippen LogP contribution in [0.5, 0.6) is 0 Å². The van der Waals surface area contributed by atoms with Gasteiger partial charge in [-0.3, -0.25) is 0 Å². The molecule has 114 valence electrons. The summed E-state index contributed by atoms with van der Waals surface area (Å²) in [5, 5.41) is 17.1. The van der Waals surface area contributed by atoms with Crippen molar-refractivity contribution >= 4 is 0 Å². The zero-order valence-electron chi connectivity index (χ0n) is 12.7. The molecule has 2 N–H and O–H groups in total. The summed E-state index contributed by atoms with van der Waals surface area (Å²) >= 11 is 0. The molecule has 0 aromatic carbocycles. The number of rotatable bonds is 12. The third-order valence-electron chi connectivity index (χ3n) is 3.39. The first-order valence-electron chi connectivity index (χ1n) is 7.38. The summed E-state index contributed by atoms with van der Waals surface area (Å²) in [7, 11) is 0. The van der Waals surface area contributed by atoms with Crippen LogP contribution in [0, 0.1) is 0 Å². The van der Waals surface area contributed by atoms with E-state index in [1.165, 1.54) is 38.2 Å². The molecule has 4 nitrogen and oxygen atoms in total. The molecule has 0 bridgehead atoms.